The predicted octanol–water partition coefficient (Wildman–Crippen LogP) is 2.72. The summed E-state index contributed by atoms with van der Waals surface area (Å²) in [5, 5.41) is 20.7. The molecule has 0 saturated heterocycles. The molecule has 0 spiro atoms. The Bertz CT molecular complexity index is 382. The van der Waals surface area contributed by atoms with Crippen LogP contribution in [0.5, 0.6) is 0 Å². The summed E-state index contributed by atoms with van der Waals surface area (Å²) in [6, 6.07) is 5.02. The Morgan fingerprint density at radius 2 is 2.00 bits per heavy atom. The predicted molar refractivity (Wildman–Crippen MR) is 70.5 cm³/mol. The summed E-state index contributed by atoms with van der Waals surface area (Å²) in [5.74, 6) is -0.936. The number of unbranched alkanes of at least 4 members (excludes halogenated alkanes) is 2. The van der Waals surface area contributed by atoms with Crippen molar-refractivity contribution < 1.29 is 15.0 Å². The fourth-order valence-electron chi connectivity index (χ4n) is 1.46. The van der Waals surface area contributed by atoms with Crippen LogP contribution in [0.2, 0.25) is 0 Å². The second kappa shape index (κ2) is 7.29. The van der Waals surface area contributed by atoms with Gasteiger partial charge in [-0.15, -0.1) is 0 Å². The van der Waals surface area contributed by atoms with Crippen molar-refractivity contribution in [2.75, 3.05) is 18.5 Å². The van der Waals surface area contributed by atoms with E-state index in [1.54, 1.807) is 12.1 Å². The number of aliphatic hydroxyl groups is 1. The maximum absolute atomic E-state index is 10.8. The van der Waals surface area contributed by atoms with Crippen LogP contribution < -0.4 is 5.32 Å². The van der Waals surface area contributed by atoms with Crippen molar-refractivity contribution in [2.45, 2.75) is 19.3 Å². The summed E-state index contributed by atoms with van der Waals surface area (Å²) in [6.45, 7) is 0.996. The molecule has 0 saturated carbocycles. The fraction of sp³-hybridized carbons (Fsp3) is 0.417. The van der Waals surface area contributed by atoms with E-state index in [0.717, 1.165) is 36.0 Å². The van der Waals surface area contributed by atoms with E-state index >= 15 is 0 Å². The lowest BCUT2D eigenvalue weighted by Gasteiger charge is -2.07. The molecule has 0 heterocycles. The molecule has 0 unspecified atom stereocenters. The Hall–Kier alpha value is -1.07. The number of halogens is 1. The molecule has 5 heteroatoms. The lowest BCUT2D eigenvalue weighted by Crippen LogP contribution is -2.04. The minimum Gasteiger partial charge on any atom is -0.478 e. The highest BCUT2D eigenvalue weighted by atomic mass is 79.9. The van der Waals surface area contributed by atoms with Gasteiger partial charge in [0.2, 0.25) is 0 Å². The van der Waals surface area contributed by atoms with Gasteiger partial charge in [0.25, 0.3) is 0 Å². The van der Waals surface area contributed by atoms with E-state index < -0.39 is 5.97 Å². The van der Waals surface area contributed by atoms with E-state index in [4.69, 9.17) is 10.2 Å². The van der Waals surface area contributed by atoms with Crippen molar-refractivity contribution in [3.05, 3.63) is 28.2 Å². The van der Waals surface area contributed by atoms with Crippen LogP contribution in [-0.2, 0) is 0 Å². The van der Waals surface area contributed by atoms with Gasteiger partial charge in [0.05, 0.1) is 5.56 Å². The van der Waals surface area contributed by atoms with E-state index in [9.17, 15) is 4.79 Å². The van der Waals surface area contributed by atoms with E-state index in [0.29, 0.717) is 0 Å². The van der Waals surface area contributed by atoms with Crippen molar-refractivity contribution in [2.24, 2.45) is 0 Å². The third-order valence-corrected chi connectivity index (χ3v) is 2.77. The maximum atomic E-state index is 10.8. The van der Waals surface area contributed by atoms with Gasteiger partial charge in [0, 0.05) is 23.3 Å². The molecule has 0 aliphatic carbocycles. The van der Waals surface area contributed by atoms with E-state index in [-0.39, 0.29) is 12.2 Å². The van der Waals surface area contributed by atoms with Gasteiger partial charge in [-0.3, -0.25) is 0 Å². The van der Waals surface area contributed by atoms with Crippen molar-refractivity contribution in [1.82, 2.24) is 0 Å². The Kier molecular flexibility index (Phi) is 6.00. The number of aliphatic hydroxyl groups excluding tert-OH is 1. The topological polar surface area (TPSA) is 69.6 Å². The maximum Gasteiger partial charge on any atom is 0.335 e. The van der Waals surface area contributed by atoms with Crippen molar-refractivity contribution >= 4 is 27.6 Å². The lowest BCUT2D eigenvalue weighted by atomic mass is 10.2. The highest BCUT2D eigenvalue weighted by molar-refractivity contribution is 9.10. The molecule has 0 aromatic heterocycles. The highest BCUT2D eigenvalue weighted by Crippen LogP contribution is 2.19. The second-order valence-corrected chi connectivity index (χ2v) is 4.66. The minimum atomic E-state index is -0.936. The van der Waals surface area contributed by atoms with Gasteiger partial charge in [0.1, 0.15) is 0 Å². The fourth-order valence-corrected chi connectivity index (χ4v) is 1.95. The van der Waals surface area contributed by atoms with Crippen LogP contribution in [0.4, 0.5) is 5.69 Å². The van der Waals surface area contributed by atoms with Gasteiger partial charge in [-0.25, -0.2) is 4.79 Å². The monoisotopic (exact) mass is 301 g/mol. The average molecular weight is 302 g/mol. The van der Waals surface area contributed by atoms with Crippen molar-refractivity contribution in [3.8, 4) is 0 Å². The van der Waals surface area contributed by atoms with Crippen LogP contribution in [0.1, 0.15) is 29.6 Å². The van der Waals surface area contributed by atoms with Crippen molar-refractivity contribution in [3.63, 3.8) is 0 Å². The smallest absolute Gasteiger partial charge is 0.335 e. The Balaban J connectivity index is 2.50. The molecule has 1 rings (SSSR count). The quantitative estimate of drug-likeness (QED) is 0.677. The number of nitrogens with one attached hydrogen (secondary N) is 1. The number of hydrogen-bond acceptors (Lipinski definition) is 3. The third-order valence-electron chi connectivity index (χ3n) is 2.31. The number of aromatic carboxylic acids is 1. The molecule has 1 aromatic rings. The molecule has 3 N–H and O–H groups in total. The largest absolute Gasteiger partial charge is 0.478 e. The summed E-state index contributed by atoms with van der Waals surface area (Å²) >= 11 is 3.28. The molecule has 0 radical (unpaired) electrons. The molecule has 1 aromatic carbocycles. The van der Waals surface area contributed by atoms with Crippen LogP contribution in [-0.4, -0.2) is 29.3 Å². The molecular weight excluding hydrogens is 286 g/mol. The standard InChI is InChI=1S/C12H16BrNO3/c13-10-6-9(12(16)17)7-11(8-10)14-4-2-1-3-5-15/h6-8,14-15H,1-5H2,(H,16,17). The first-order chi connectivity index (χ1) is 8.13. The third kappa shape index (κ3) is 5.19. The van der Waals surface area contributed by atoms with Gasteiger partial charge in [0.15, 0.2) is 0 Å². The van der Waals surface area contributed by atoms with E-state index in [1.807, 2.05) is 6.07 Å². The van der Waals surface area contributed by atoms with Gasteiger partial charge in [-0.05, 0) is 37.5 Å². The van der Waals surface area contributed by atoms with Gasteiger partial charge in [-0.1, -0.05) is 15.9 Å². The van der Waals surface area contributed by atoms with Crippen LogP contribution in [0.25, 0.3) is 0 Å². The molecule has 0 bridgehead atoms. The number of carboxylic acid groups (broad SMARTS) is 1. The van der Waals surface area contributed by atoms with Gasteiger partial charge < -0.3 is 15.5 Å². The van der Waals surface area contributed by atoms with Crippen LogP contribution in [0.15, 0.2) is 22.7 Å². The van der Waals surface area contributed by atoms with Gasteiger partial charge >= 0.3 is 5.97 Å². The minimum absolute atomic E-state index is 0.222. The summed E-state index contributed by atoms with van der Waals surface area (Å²) in [7, 11) is 0. The first-order valence-electron chi connectivity index (χ1n) is 5.52. The van der Waals surface area contributed by atoms with Crippen LogP contribution >= 0.6 is 15.9 Å². The van der Waals surface area contributed by atoms with E-state index in [2.05, 4.69) is 21.2 Å². The zero-order valence-electron chi connectivity index (χ0n) is 9.45. The molecule has 0 aliphatic rings. The first kappa shape index (κ1) is 14.0. The lowest BCUT2D eigenvalue weighted by molar-refractivity contribution is 0.0697. The summed E-state index contributed by atoms with van der Waals surface area (Å²) in [5.41, 5.74) is 1.05. The number of carboxylic acids is 1. The molecule has 0 atom stereocenters. The summed E-state index contributed by atoms with van der Waals surface area (Å²) in [4.78, 5) is 10.8. The number of benzene rings is 1. The number of carbonyl (C=O) groups is 1. The highest BCUT2D eigenvalue weighted by Gasteiger charge is 2.05. The zero-order valence-corrected chi connectivity index (χ0v) is 11.0. The molecule has 94 valence electrons. The van der Waals surface area contributed by atoms with Crippen LogP contribution in [0.3, 0.4) is 0 Å². The number of hydrogen-bond donors (Lipinski definition) is 3. The number of rotatable bonds is 7. The average Bonchev–Trinajstić information content (AvgIpc) is 2.28. The molecule has 17 heavy (non-hydrogen) atoms. The van der Waals surface area contributed by atoms with Crippen molar-refractivity contribution in [1.29, 1.82) is 0 Å². The Morgan fingerprint density at radius 3 is 2.65 bits per heavy atom. The Labute approximate surface area is 109 Å². The summed E-state index contributed by atoms with van der Waals surface area (Å²) < 4.78 is 0.746. The molecule has 4 nitrogen and oxygen atoms in total. The molecule has 0 fully saturated rings. The Morgan fingerprint density at radius 1 is 1.24 bits per heavy atom. The molecular formula is C12H16BrNO3. The zero-order chi connectivity index (χ0) is 12.7. The normalized spacial score (nSPS) is 10.2. The summed E-state index contributed by atoms with van der Waals surface area (Å²) in [6.07, 6.45) is 2.72. The van der Waals surface area contributed by atoms with Gasteiger partial charge in [-0.2, -0.15) is 0 Å². The SMILES string of the molecule is O=C(O)c1cc(Br)cc(NCCCCCO)c1. The number of anilines is 1. The molecule has 0 amide bonds. The van der Waals surface area contributed by atoms with E-state index in [1.165, 1.54) is 0 Å². The first-order valence-corrected chi connectivity index (χ1v) is 6.31. The van der Waals surface area contributed by atoms with Crippen LogP contribution in [0, 0.1) is 0 Å². The molecule has 0 aliphatic heterocycles. The second-order valence-electron chi connectivity index (χ2n) is 3.74.